The zero-order valence-electron chi connectivity index (χ0n) is 10.0. The summed E-state index contributed by atoms with van der Waals surface area (Å²) in [4.78, 5) is 0. The van der Waals surface area contributed by atoms with Crippen molar-refractivity contribution >= 4 is 0 Å². The molecule has 1 fully saturated rings. The zero-order valence-corrected chi connectivity index (χ0v) is 10.0. The highest BCUT2D eigenvalue weighted by atomic mass is 14.9. The molecule has 1 aromatic rings. The summed E-state index contributed by atoms with van der Waals surface area (Å²) in [6, 6.07) is 6.56. The molecule has 0 heterocycles. The minimum Gasteiger partial charge on any atom is -0.312 e. The Kier molecular flexibility index (Phi) is 3.11. The topological polar surface area (TPSA) is 12.0 Å². The highest BCUT2D eigenvalue weighted by Crippen LogP contribution is 2.36. The van der Waals surface area contributed by atoms with Crippen molar-refractivity contribution in [3.05, 3.63) is 34.9 Å². The maximum absolute atomic E-state index is 3.56. The van der Waals surface area contributed by atoms with Crippen LogP contribution in [0.2, 0.25) is 0 Å². The van der Waals surface area contributed by atoms with Crippen LogP contribution in [0.3, 0.4) is 0 Å². The minimum absolute atomic E-state index is 0.940. The maximum atomic E-state index is 3.56. The Bertz CT molecular complexity index is 343. The molecule has 0 amide bonds. The average molecular weight is 203 g/mol. The molecular formula is C14H21N. The van der Waals surface area contributed by atoms with Crippen LogP contribution in [0, 0.1) is 25.7 Å². The van der Waals surface area contributed by atoms with Gasteiger partial charge in [0.2, 0.25) is 0 Å². The van der Waals surface area contributed by atoms with Crippen LogP contribution in [-0.2, 0) is 6.54 Å². The zero-order chi connectivity index (χ0) is 10.8. The molecule has 1 aliphatic carbocycles. The van der Waals surface area contributed by atoms with Gasteiger partial charge < -0.3 is 5.32 Å². The molecule has 1 heteroatoms. The fourth-order valence-corrected chi connectivity index (χ4v) is 2.08. The van der Waals surface area contributed by atoms with Gasteiger partial charge in [0.25, 0.3) is 0 Å². The minimum atomic E-state index is 0.940. The summed E-state index contributed by atoms with van der Waals surface area (Å²) in [7, 11) is 0. The first kappa shape index (κ1) is 10.7. The van der Waals surface area contributed by atoms with Crippen molar-refractivity contribution in [2.24, 2.45) is 11.8 Å². The summed E-state index contributed by atoms with van der Waals surface area (Å²) in [6.45, 7) is 8.95. The Hall–Kier alpha value is -0.820. The van der Waals surface area contributed by atoms with E-state index in [9.17, 15) is 0 Å². The smallest absolute Gasteiger partial charge is 0.0208 e. The molecule has 0 aromatic heterocycles. The summed E-state index contributed by atoms with van der Waals surface area (Å²) >= 11 is 0. The summed E-state index contributed by atoms with van der Waals surface area (Å²) < 4.78 is 0. The molecule has 0 spiro atoms. The number of rotatable bonds is 4. The number of hydrogen-bond donors (Lipinski definition) is 1. The second-order valence-electron chi connectivity index (χ2n) is 4.96. The van der Waals surface area contributed by atoms with Gasteiger partial charge in [-0.2, -0.15) is 0 Å². The molecule has 1 aromatic carbocycles. The standard InChI is InChI=1S/C14H21N/c1-10-5-4-6-13(12(10)3)8-15-9-14-7-11(14)2/h4-6,11,14-15H,7-9H2,1-3H3. The summed E-state index contributed by atoms with van der Waals surface area (Å²) in [5, 5.41) is 3.56. The molecule has 0 saturated heterocycles. The average Bonchev–Trinajstić information content (AvgIpc) is 2.89. The third-order valence-corrected chi connectivity index (χ3v) is 3.71. The first-order valence-corrected chi connectivity index (χ1v) is 5.94. The number of aryl methyl sites for hydroxylation is 1. The van der Waals surface area contributed by atoms with Crippen molar-refractivity contribution < 1.29 is 0 Å². The Morgan fingerprint density at radius 1 is 1.33 bits per heavy atom. The van der Waals surface area contributed by atoms with Crippen LogP contribution in [0.1, 0.15) is 30.0 Å². The number of benzene rings is 1. The van der Waals surface area contributed by atoms with Crippen LogP contribution in [-0.4, -0.2) is 6.54 Å². The van der Waals surface area contributed by atoms with Crippen LogP contribution in [0.25, 0.3) is 0 Å². The summed E-state index contributed by atoms with van der Waals surface area (Å²) in [5.74, 6) is 1.89. The highest BCUT2D eigenvalue weighted by molar-refractivity contribution is 5.32. The maximum Gasteiger partial charge on any atom is 0.0208 e. The molecule has 15 heavy (non-hydrogen) atoms. The predicted molar refractivity (Wildman–Crippen MR) is 64.9 cm³/mol. The van der Waals surface area contributed by atoms with E-state index in [1.807, 2.05) is 0 Å². The molecule has 82 valence electrons. The van der Waals surface area contributed by atoms with E-state index in [4.69, 9.17) is 0 Å². The summed E-state index contributed by atoms with van der Waals surface area (Å²) in [6.07, 6.45) is 1.42. The molecule has 1 N–H and O–H groups in total. The highest BCUT2D eigenvalue weighted by Gasteiger charge is 2.31. The van der Waals surface area contributed by atoms with Crippen molar-refractivity contribution in [2.45, 2.75) is 33.7 Å². The van der Waals surface area contributed by atoms with Crippen molar-refractivity contribution in [1.29, 1.82) is 0 Å². The Balaban J connectivity index is 1.85. The lowest BCUT2D eigenvalue weighted by Crippen LogP contribution is -2.17. The normalized spacial score (nSPS) is 24.2. The Morgan fingerprint density at radius 2 is 2.07 bits per heavy atom. The van der Waals surface area contributed by atoms with E-state index in [1.54, 1.807) is 0 Å². The molecule has 2 rings (SSSR count). The quantitative estimate of drug-likeness (QED) is 0.793. The van der Waals surface area contributed by atoms with E-state index < -0.39 is 0 Å². The van der Waals surface area contributed by atoms with Crippen LogP contribution in [0.4, 0.5) is 0 Å². The van der Waals surface area contributed by atoms with Gasteiger partial charge in [-0.25, -0.2) is 0 Å². The van der Waals surface area contributed by atoms with Gasteiger partial charge in [-0.15, -0.1) is 0 Å². The van der Waals surface area contributed by atoms with Gasteiger partial charge in [-0.05, 0) is 55.3 Å². The van der Waals surface area contributed by atoms with Crippen LogP contribution >= 0.6 is 0 Å². The Morgan fingerprint density at radius 3 is 2.73 bits per heavy atom. The monoisotopic (exact) mass is 203 g/mol. The van der Waals surface area contributed by atoms with Crippen LogP contribution in [0.15, 0.2) is 18.2 Å². The largest absolute Gasteiger partial charge is 0.312 e. The second-order valence-corrected chi connectivity index (χ2v) is 4.96. The molecular weight excluding hydrogens is 182 g/mol. The fraction of sp³-hybridized carbons (Fsp3) is 0.571. The number of nitrogens with one attached hydrogen (secondary N) is 1. The molecule has 2 atom stereocenters. The second kappa shape index (κ2) is 4.36. The van der Waals surface area contributed by atoms with Gasteiger partial charge >= 0.3 is 0 Å². The fourth-order valence-electron chi connectivity index (χ4n) is 2.08. The third kappa shape index (κ3) is 2.60. The van der Waals surface area contributed by atoms with Gasteiger partial charge in [0.1, 0.15) is 0 Å². The van der Waals surface area contributed by atoms with Gasteiger partial charge in [0.05, 0.1) is 0 Å². The third-order valence-electron chi connectivity index (χ3n) is 3.71. The van der Waals surface area contributed by atoms with E-state index in [0.717, 1.165) is 18.4 Å². The lowest BCUT2D eigenvalue weighted by Gasteiger charge is -2.09. The van der Waals surface area contributed by atoms with E-state index in [-0.39, 0.29) is 0 Å². The van der Waals surface area contributed by atoms with Gasteiger partial charge in [0.15, 0.2) is 0 Å². The van der Waals surface area contributed by atoms with Gasteiger partial charge in [0, 0.05) is 6.54 Å². The SMILES string of the molecule is Cc1cccc(CNCC2CC2C)c1C. The molecule has 1 saturated carbocycles. The Labute approximate surface area is 92.9 Å². The molecule has 2 unspecified atom stereocenters. The lowest BCUT2D eigenvalue weighted by atomic mass is 10.0. The predicted octanol–water partition coefficient (Wildman–Crippen LogP) is 3.05. The van der Waals surface area contributed by atoms with Crippen molar-refractivity contribution in [1.82, 2.24) is 5.32 Å². The lowest BCUT2D eigenvalue weighted by molar-refractivity contribution is 0.610. The molecule has 0 bridgehead atoms. The molecule has 1 aliphatic rings. The van der Waals surface area contributed by atoms with E-state index in [0.29, 0.717) is 0 Å². The van der Waals surface area contributed by atoms with E-state index >= 15 is 0 Å². The van der Waals surface area contributed by atoms with E-state index in [1.165, 1.54) is 29.7 Å². The van der Waals surface area contributed by atoms with Crippen molar-refractivity contribution in [3.63, 3.8) is 0 Å². The van der Waals surface area contributed by atoms with Crippen LogP contribution in [0.5, 0.6) is 0 Å². The van der Waals surface area contributed by atoms with Crippen molar-refractivity contribution in [2.75, 3.05) is 6.54 Å². The van der Waals surface area contributed by atoms with Crippen LogP contribution < -0.4 is 5.32 Å². The first-order valence-electron chi connectivity index (χ1n) is 5.94. The first-order chi connectivity index (χ1) is 7.18. The number of hydrogen-bond acceptors (Lipinski definition) is 1. The molecule has 0 radical (unpaired) electrons. The summed E-state index contributed by atoms with van der Waals surface area (Å²) in [5.41, 5.74) is 4.28. The van der Waals surface area contributed by atoms with Gasteiger partial charge in [-0.1, -0.05) is 25.1 Å². The molecule has 1 nitrogen and oxygen atoms in total. The van der Waals surface area contributed by atoms with E-state index in [2.05, 4.69) is 44.3 Å². The van der Waals surface area contributed by atoms with Crippen molar-refractivity contribution in [3.8, 4) is 0 Å². The molecule has 0 aliphatic heterocycles. The van der Waals surface area contributed by atoms with Gasteiger partial charge in [-0.3, -0.25) is 0 Å².